The smallest absolute Gasteiger partial charge is 0.247 e. The van der Waals surface area contributed by atoms with E-state index in [1.807, 2.05) is 0 Å². The number of carbonyl (C=O) groups is 1. The Morgan fingerprint density at radius 1 is 1.69 bits per heavy atom. The summed E-state index contributed by atoms with van der Waals surface area (Å²) in [6.07, 6.45) is 2.55. The maximum absolute atomic E-state index is 11.5. The maximum Gasteiger partial charge on any atom is 0.247 e. The third kappa shape index (κ3) is 1.42. The molecule has 1 atom stereocenters. The zero-order valence-electron chi connectivity index (χ0n) is 7.27. The van der Waals surface area contributed by atoms with Crippen LogP contribution >= 0.6 is 11.6 Å². The highest BCUT2D eigenvalue weighted by atomic mass is 35.5. The van der Waals surface area contributed by atoms with Crippen LogP contribution in [0.2, 0.25) is 5.15 Å². The zero-order valence-corrected chi connectivity index (χ0v) is 8.03. The highest BCUT2D eigenvalue weighted by Crippen LogP contribution is 2.21. The van der Waals surface area contributed by atoms with Crippen LogP contribution in [0, 0.1) is 0 Å². The summed E-state index contributed by atoms with van der Waals surface area (Å²) in [5, 5.41) is 4.44. The van der Waals surface area contributed by atoms with Crippen LogP contribution in [0.3, 0.4) is 0 Å². The third-order valence-corrected chi connectivity index (χ3v) is 2.50. The number of rotatable bonds is 1. The van der Waals surface area contributed by atoms with Crippen LogP contribution in [0.1, 0.15) is 12.5 Å². The number of carbonyl (C=O) groups excluding carboxylic acids is 1. The van der Waals surface area contributed by atoms with Crippen molar-refractivity contribution in [3.8, 4) is 0 Å². The standard InChI is InChI=1S/C8H10ClN3O/c1-11-4-2-6(8(11)13)12-5-3-7(9)10-12/h3,5-6H,2,4H2,1H3. The Morgan fingerprint density at radius 3 is 2.92 bits per heavy atom. The fraction of sp³-hybridized carbons (Fsp3) is 0.500. The molecule has 0 bridgehead atoms. The van der Waals surface area contributed by atoms with Gasteiger partial charge in [-0.2, -0.15) is 5.10 Å². The summed E-state index contributed by atoms with van der Waals surface area (Å²) in [4.78, 5) is 13.2. The van der Waals surface area contributed by atoms with E-state index in [0.717, 1.165) is 13.0 Å². The van der Waals surface area contributed by atoms with Gasteiger partial charge in [0.2, 0.25) is 5.91 Å². The van der Waals surface area contributed by atoms with Crippen molar-refractivity contribution in [1.29, 1.82) is 0 Å². The van der Waals surface area contributed by atoms with Gasteiger partial charge < -0.3 is 4.90 Å². The molecule has 4 nitrogen and oxygen atoms in total. The maximum atomic E-state index is 11.5. The van der Waals surface area contributed by atoms with Gasteiger partial charge in [-0.05, 0) is 12.5 Å². The average Bonchev–Trinajstić information content (AvgIpc) is 2.62. The van der Waals surface area contributed by atoms with Crippen LogP contribution in [0.25, 0.3) is 0 Å². The largest absolute Gasteiger partial charge is 0.344 e. The SMILES string of the molecule is CN1CCC(n2ccc(Cl)n2)C1=O. The lowest BCUT2D eigenvalue weighted by Crippen LogP contribution is -2.24. The second-order valence-electron chi connectivity index (χ2n) is 3.18. The lowest BCUT2D eigenvalue weighted by molar-refractivity contribution is -0.129. The monoisotopic (exact) mass is 199 g/mol. The summed E-state index contributed by atoms with van der Waals surface area (Å²) < 4.78 is 1.63. The summed E-state index contributed by atoms with van der Waals surface area (Å²) in [6, 6.07) is 1.53. The van der Waals surface area contributed by atoms with Crippen molar-refractivity contribution in [3.63, 3.8) is 0 Å². The molecule has 1 amide bonds. The van der Waals surface area contributed by atoms with E-state index >= 15 is 0 Å². The normalized spacial score (nSPS) is 22.8. The number of likely N-dealkylation sites (tertiary alicyclic amines) is 1. The van der Waals surface area contributed by atoms with Crippen molar-refractivity contribution in [2.24, 2.45) is 0 Å². The predicted octanol–water partition coefficient (Wildman–Crippen LogP) is 0.940. The van der Waals surface area contributed by atoms with Crippen LogP contribution in [-0.4, -0.2) is 34.2 Å². The van der Waals surface area contributed by atoms with E-state index in [2.05, 4.69) is 5.10 Å². The Morgan fingerprint density at radius 2 is 2.46 bits per heavy atom. The Bertz CT molecular complexity index is 336. The second-order valence-corrected chi connectivity index (χ2v) is 3.57. The molecule has 13 heavy (non-hydrogen) atoms. The molecule has 0 radical (unpaired) electrons. The molecule has 0 saturated carbocycles. The second kappa shape index (κ2) is 3.03. The zero-order chi connectivity index (χ0) is 9.42. The van der Waals surface area contributed by atoms with Crippen molar-refractivity contribution >= 4 is 17.5 Å². The van der Waals surface area contributed by atoms with E-state index in [9.17, 15) is 4.79 Å². The molecule has 5 heteroatoms. The molecule has 0 spiro atoms. The molecule has 1 aromatic rings. The number of likely N-dealkylation sites (N-methyl/N-ethyl adjacent to an activating group) is 1. The Kier molecular flexibility index (Phi) is 2.00. The first kappa shape index (κ1) is 8.56. The van der Waals surface area contributed by atoms with Gasteiger partial charge >= 0.3 is 0 Å². The molecular weight excluding hydrogens is 190 g/mol. The van der Waals surface area contributed by atoms with Gasteiger partial charge in [0.05, 0.1) is 0 Å². The van der Waals surface area contributed by atoms with E-state index < -0.39 is 0 Å². The van der Waals surface area contributed by atoms with Crippen LogP contribution in [0.15, 0.2) is 12.3 Å². The number of halogens is 1. The molecule has 0 aliphatic carbocycles. The predicted molar refractivity (Wildman–Crippen MR) is 48.5 cm³/mol. The number of hydrogen-bond donors (Lipinski definition) is 0. The minimum atomic E-state index is -0.155. The van der Waals surface area contributed by atoms with Gasteiger partial charge in [0.15, 0.2) is 5.15 Å². The van der Waals surface area contributed by atoms with Crippen molar-refractivity contribution in [3.05, 3.63) is 17.4 Å². The highest BCUT2D eigenvalue weighted by molar-refractivity contribution is 6.29. The van der Waals surface area contributed by atoms with Crippen molar-refractivity contribution in [2.75, 3.05) is 13.6 Å². The number of hydrogen-bond acceptors (Lipinski definition) is 2. The quantitative estimate of drug-likeness (QED) is 0.675. The summed E-state index contributed by atoms with van der Waals surface area (Å²) in [7, 11) is 1.80. The van der Waals surface area contributed by atoms with Crippen molar-refractivity contribution in [2.45, 2.75) is 12.5 Å². The first-order chi connectivity index (χ1) is 6.18. The van der Waals surface area contributed by atoms with Crippen LogP contribution < -0.4 is 0 Å². The van der Waals surface area contributed by atoms with Crippen molar-refractivity contribution < 1.29 is 4.79 Å². The van der Waals surface area contributed by atoms with E-state index in [-0.39, 0.29) is 11.9 Å². The van der Waals surface area contributed by atoms with Gasteiger partial charge in [-0.15, -0.1) is 0 Å². The van der Waals surface area contributed by atoms with E-state index in [4.69, 9.17) is 11.6 Å². The molecular formula is C8H10ClN3O. The molecule has 2 rings (SSSR count). The molecule has 1 aliphatic heterocycles. The minimum Gasteiger partial charge on any atom is -0.344 e. The molecule has 2 heterocycles. The Balaban J connectivity index is 2.23. The molecule has 1 fully saturated rings. The molecule has 70 valence electrons. The fourth-order valence-corrected chi connectivity index (χ4v) is 1.68. The summed E-state index contributed by atoms with van der Waals surface area (Å²) >= 11 is 5.67. The summed E-state index contributed by atoms with van der Waals surface area (Å²) in [5.74, 6) is 0.111. The average molecular weight is 200 g/mol. The van der Waals surface area contributed by atoms with Crippen LogP contribution in [0.5, 0.6) is 0 Å². The summed E-state index contributed by atoms with van der Waals surface area (Å²) in [6.45, 7) is 0.793. The van der Waals surface area contributed by atoms with E-state index in [0.29, 0.717) is 5.15 Å². The molecule has 1 unspecified atom stereocenters. The number of amides is 1. The fourth-order valence-electron chi connectivity index (χ4n) is 1.54. The van der Waals surface area contributed by atoms with Crippen LogP contribution in [0.4, 0.5) is 0 Å². The van der Waals surface area contributed by atoms with Gasteiger partial charge in [0, 0.05) is 19.8 Å². The lowest BCUT2D eigenvalue weighted by Gasteiger charge is -2.09. The first-order valence-corrected chi connectivity index (χ1v) is 4.52. The van der Waals surface area contributed by atoms with Gasteiger partial charge in [0.1, 0.15) is 6.04 Å². The lowest BCUT2D eigenvalue weighted by atomic mass is 10.2. The third-order valence-electron chi connectivity index (χ3n) is 2.29. The van der Waals surface area contributed by atoms with Crippen LogP contribution in [-0.2, 0) is 4.79 Å². The molecule has 1 aliphatic rings. The van der Waals surface area contributed by atoms with Gasteiger partial charge in [-0.1, -0.05) is 11.6 Å². The van der Waals surface area contributed by atoms with E-state index in [1.165, 1.54) is 0 Å². The van der Waals surface area contributed by atoms with Gasteiger partial charge in [0.25, 0.3) is 0 Å². The Labute approximate surface area is 81.1 Å². The molecule has 0 N–H and O–H groups in total. The topological polar surface area (TPSA) is 38.1 Å². The van der Waals surface area contributed by atoms with Gasteiger partial charge in [-0.25, -0.2) is 0 Å². The molecule has 1 aromatic heterocycles. The minimum absolute atomic E-state index is 0.111. The van der Waals surface area contributed by atoms with Crippen molar-refractivity contribution in [1.82, 2.24) is 14.7 Å². The van der Waals surface area contributed by atoms with Gasteiger partial charge in [-0.3, -0.25) is 9.48 Å². The molecule has 0 aromatic carbocycles. The number of aromatic nitrogens is 2. The number of nitrogens with zero attached hydrogens (tertiary/aromatic N) is 3. The van der Waals surface area contributed by atoms with E-state index in [1.54, 1.807) is 28.9 Å². The first-order valence-electron chi connectivity index (χ1n) is 4.14. The highest BCUT2D eigenvalue weighted by Gasteiger charge is 2.30. The molecule has 1 saturated heterocycles. The Hall–Kier alpha value is -1.03. The summed E-state index contributed by atoms with van der Waals surface area (Å²) in [5.41, 5.74) is 0.